The Labute approximate surface area is 78.3 Å². The summed E-state index contributed by atoms with van der Waals surface area (Å²) >= 11 is 0. The van der Waals surface area contributed by atoms with Gasteiger partial charge in [-0.15, -0.1) is 0 Å². The van der Waals surface area contributed by atoms with Gasteiger partial charge < -0.3 is 10.4 Å². The second-order valence-electron chi connectivity index (χ2n) is 4.05. The van der Waals surface area contributed by atoms with Crippen LogP contribution in [0.15, 0.2) is 0 Å². The number of hydrogen-bond donors (Lipinski definition) is 2. The smallest absolute Gasteiger partial charge is 0.153 e. The van der Waals surface area contributed by atoms with E-state index in [2.05, 4.69) is 5.32 Å². The summed E-state index contributed by atoms with van der Waals surface area (Å²) in [5.74, 6) is 0.493. The molecule has 5 heteroatoms. The van der Waals surface area contributed by atoms with Crippen LogP contribution in [0.25, 0.3) is 0 Å². The first kappa shape index (κ1) is 9.43. The predicted octanol–water partition coefficient (Wildman–Crippen LogP) is -0.714. The summed E-state index contributed by atoms with van der Waals surface area (Å²) in [6.07, 6.45) is 2.58. The molecule has 0 aromatic rings. The van der Waals surface area contributed by atoms with Crippen LogP contribution in [0.5, 0.6) is 0 Å². The Morgan fingerprint density at radius 2 is 1.92 bits per heavy atom. The molecule has 2 N–H and O–H groups in total. The quantitative estimate of drug-likeness (QED) is 0.625. The molecule has 2 unspecified atom stereocenters. The number of sulfone groups is 1. The zero-order valence-electron chi connectivity index (χ0n) is 7.44. The number of aliphatic hydroxyl groups excluding tert-OH is 1. The molecule has 1 heterocycles. The van der Waals surface area contributed by atoms with Crippen molar-refractivity contribution in [3.05, 3.63) is 0 Å². The molecule has 0 radical (unpaired) electrons. The van der Waals surface area contributed by atoms with Crippen LogP contribution in [0.3, 0.4) is 0 Å². The van der Waals surface area contributed by atoms with Crippen molar-refractivity contribution in [2.24, 2.45) is 0 Å². The summed E-state index contributed by atoms with van der Waals surface area (Å²) in [6, 6.07) is 0.211. The highest BCUT2D eigenvalue weighted by atomic mass is 32.2. The van der Waals surface area contributed by atoms with E-state index in [9.17, 15) is 13.5 Å². The Hall–Kier alpha value is -0.130. The van der Waals surface area contributed by atoms with Crippen molar-refractivity contribution in [3.8, 4) is 0 Å². The maximum absolute atomic E-state index is 10.9. The van der Waals surface area contributed by atoms with Crippen LogP contribution in [0.4, 0.5) is 0 Å². The molecule has 4 nitrogen and oxygen atoms in total. The van der Waals surface area contributed by atoms with E-state index in [1.807, 2.05) is 0 Å². The van der Waals surface area contributed by atoms with Gasteiger partial charge in [0.2, 0.25) is 0 Å². The summed E-state index contributed by atoms with van der Waals surface area (Å²) in [5, 5.41) is 12.7. The molecule has 0 aromatic heterocycles. The van der Waals surface area contributed by atoms with E-state index < -0.39 is 9.84 Å². The molecule has 76 valence electrons. The lowest BCUT2D eigenvalue weighted by Gasteiger charge is -2.30. The lowest BCUT2D eigenvalue weighted by Crippen LogP contribution is -2.55. The minimum Gasteiger partial charge on any atom is -0.392 e. The Morgan fingerprint density at radius 3 is 2.38 bits per heavy atom. The Balaban J connectivity index is 1.80. The maximum atomic E-state index is 10.9. The number of hydrogen-bond acceptors (Lipinski definition) is 4. The van der Waals surface area contributed by atoms with Gasteiger partial charge in [0.05, 0.1) is 17.6 Å². The van der Waals surface area contributed by atoms with Crippen molar-refractivity contribution in [2.45, 2.75) is 37.5 Å². The van der Waals surface area contributed by atoms with Gasteiger partial charge in [0, 0.05) is 12.1 Å². The van der Waals surface area contributed by atoms with E-state index >= 15 is 0 Å². The number of rotatable bonds is 2. The van der Waals surface area contributed by atoms with Crippen LogP contribution in [-0.2, 0) is 9.84 Å². The highest BCUT2D eigenvalue weighted by Crippen LogP contribution is 2.21. The van der Waals surface area contributed by atoms with E-state index in [4.69, 9.17) is 0 Å². The SMILES string of the molecule is O=S1(=O)CC(NC2CCCC2O)C1. The summed E-state index contributed by atoms with van der Waals surface area (Å²) < 4.78 is 21.7. The molecule has 2 aliphatic rings. The van der Waals surface area contributed by atoms with Gasteiger partial charge >= 0.3 is 0 Å². The lowest BCUT2D eigenvalue weighted by molar-refractivity contribution is 0.144. The number of nitrogens with one attached hydrogen (secondary N) is 1. The van der Waals surface area contributed by atoms with Crippen molar-refractivity contribution >= 4 is 9.84 Å². The Morgan fingerprint density at radius 1 is 1.23 bits per heavy atom. The van der Waals surface area contributed by atoms with Crippen molar-refractivity contribution in [1.82, 2.24) is 5.32 Å². The molecule has 1 aliphatic carbocycles. The van der Waals surface area contributed by atoms with Crippen LogP contribution in [0, 0.1) is 0 Å². The first-order chi connectivity index (χ1) is 6.07. The fourth-order valence-electron chi connectivity index (χ4n) is 2.10. The van der Waals surface area contributed by atoms with E-state index in [1.54, 1.807) is 0 Å². The molecule has 1 saturated carbocycles. The third kappa shape index (κ3) is 2.03. The third-order valence-electron chi connectivity index (χ3n) is 2.84. The molecule has 0 bridgehead atoms. The fraction of sp³-hybridized carbons (Fsp3) is 1.00. The van der Waals surface area contributed by atoms with Gasteiger partial charge in [0.15, 0.2) is 9.84 Å². The van der Waals surface area contributed by atoms with E-state index in [-0.39, 0.29) is 29.7 Å². The van der Waals surface area contributed by atoms with E-state index in [0.717, 1.165) is 19.3 Å². The zero-order valence-corrected chi connectivity index (χ0v) is 8.26. The van der Waals surface area contributed by atoms with Gasteiger partial charge in [0.1, 0.15) is 0 Å². The molecule has 0 aromatic carbocycles. The molecule has 1 aliphatic heterocycles. The minimum absolute atomic E-state index is 0.0859. The maximum Gasteiger partial charge on any atom is 0.153 e. The van der Waals surface area contributed by atoms with Crippen LogP contribution in [-0.4, -0.2) is 43.2 Å². The average Bonchev–Trinajstić information content (AvgIpc) is 2.33. The van der Waals surface area contributed by atoms with Gasteiger partial charge in [-0.2, -0.15) is 0 Å². The first-order valence-corrected chi connectivity index (χ1v) is 6.53. The molecule has 1 saturated heterocycles. The Bertz CT molecular complexity index is 276. The minimum atomic E-state index is -2.73. The van der Waals surface area contributed by atoms with Gasteiger partial charge in [-0.1, -0.05) is 0 Å². The van der Waals surface area contributed by atoms with Crippen molar-refractivity contribution in [2.75, 3.05) is 11.5 Å². The largest absolute Gasteiger partial charge is 0.392 e. The van der Waals surface area contributed by atoms with Crippen LogP contribution in [0.1, 0.15) is 19.3 Å². The van der Waals surface area contributed by atoms with Crippen molar-refractivity contribution in [1.29, 1.82) is 0 Å². The normalized spacial score (nSPS) is 38.8. The van der Waals surface area contributed by atoms with Gasteiger partial charge in [-0.05, 0) is 19.3 Å². The monoisotopic (exact) mass is 205 g/mol. The highest BCUT2D eigenvalue weighted by Gasteiger charge is 2.36. The number of aliphatic hydroxyl groups is 1. The van der Waals surface area contributed by atoms with Gasteiger partial charge in [-0.3, -0.25) is 0 Å². The summed E-state index contributed by atoms with van der Waals surface area (Å²) in [7, 11) is -2.73. The molecule has 0 spiro atoms. The first-order valence-electron chi connectivity index (χ1n) is 4.71. The molecular formula is C8H15NO3S. The predicted molar refractivity (Wildman–Crippen MR) is 49.2 cm³/mol. The summed E-state index contributed by atoms with van der Waals surface area (Å²) in [4.78, 5) is 0. The topological polar surface area (TPSA) is 66.4 Å². The third-order valence-corrected chi connectivity index (χ3v) is 4.66. The van der Waals surface area contributed by atoms with Crippen molar-refractivity contribution in [3.63, 3.8) is 0 Å². The van der Waals surface area contributed by atoms with E-state index in [0.29, 0.717) is 0 Å². The van der Waals surface area contributed by atoms with Gasteiger partial charge in [-0.25, -0.2) is 8.42 Å². The van der Waals surface area contributed by atoms with E-state index in [1.165, 1.54) is 0 Å². The molecule has 2 atom stereocenters. The van der Waals surface area contributed by atoms with Crippen LogP contribution >= 0.6 is 0 Å². The molecule has 13 heavy (non-hydrogen) atoms. The average molecular weight is 205 g/mol. The Kier molecular flexibility index (Phi) is 2.33. The molecule has 0 amide bonds. The van der Waals surface area contributed by atoms with Crippen LogP contribution in [0.2, 0.25) is 0 Å². The highest BCUT2D eigenvalue weighted by molar-refractivity contribution is 7.92. The fourth-order valence-corrected chi connectivity index (χ4v) is 3.42. The second-order valence-corrected chi connectivity index (χ2v) is 6.20. The van der Waals surface area contributed by atoms with Gasteiger partial charge in [0.25, 0.3) is 0 Å². The standard InChI is InChI=1S/C8H15NO3S/c10-8-3-1-2-7(8)9-6-4-13(11,12)5-6/h6-10H,1-5H2. The second kappa shape index (κ2) is 3.22. The molecule has 2 rings (SSSR count). The summed E-state index contributed by atoms with van der Waals surface area (Å²) in [6.45, 7) is 0. The molecular weight excluding hydrogens is 190 g/mol. The zero-order chi connectivity index (χ0) is 9.47. The molecule has 2 fully saturated rings. The lowest BCUT2D eigenvalue weighted by atomic mass is 10.2. The van der Waals surface area contributed by atoms with Crippen LogP contribution < -0.4 is 5.32 Å². The summed E-state index contributed by atoms with van der Waals surface area (Å²) in [5.41, 5.74) is 0. The van der Waals surface area contributed by atoms with Crippen molar-refractivity contribution < 1.29 is 13.5 Å².